The van der Waals surface area contributed by atoms with Crippen LogP contribution in [0.5, 0.6) is 0 Å². The van der Waals surface area contributed by atoms with E-state index < -0.39 is 20.9 Å². The van der Waals surface area contributed by atoms with E-state index in [4.69, 9.17) is 0 Å². The summed E-state index contributed by atoms with van der Waals surface area (Å²) in [7, 11) is -0.263. The Morgan fingerprint density at radius 3 is 2.52 bits per heavy atom. The summed E-state index contributed by atoms with van der Waals surface area (Å²) >= 11 is 0. The number of anilines is 2. The zero-order valence-corrected chi connectivity index (χ0v) is 17.3. The number of sulfonamides is 1. The predicted molar refractivity (Wildman–Crippen MR) is 112 cm³/mol. The number of amides is 1. The normalized spacial score (nSPS) is 11.1. The number of non-ortho nitro benzene ring substituents is 1. The minimum Gasteiger partial charge on any atom is -0.377 e. The average molecular weight is 420 g/mol. The lowest BCUT2D eigenvalue weighted by Gasteiger charge is -2.17. The Morgan fingerprint density at radius 1 is 1.17 bits per heavy atom. The molecule has 10 heteroatoms. The van der Waals surface area contributed by atoms with Crippen LogP contribution in [-0.4, -0.2) is 39.9 Å². The number of rotatable bonds is 9. The van der Waals surface area contributed by atoms with Crippen LogP contribution in [0.15, 0.2) is 47.4 Å². The van der Waals surface area contributed by atoms with E-state index in [2.05, 4.69) is 10.0 Å². The number of hydrogen-bond acceptors (Lipinski definition) is 6. The van der Waals surface area contributed by atoms with Crippen molar-refractivity contribution in [3.63, 3.8) is 0 Å². The fourth-order valence-corrected chi connectivity index (χ4v) is 3.74. The summed E-state index contributed by atoms with van der Waals surface area (Å²) in [5.74, 6) is -0.578. The molecule has 2 rings (SSSR count). The van der Waals surface area contributed by atoms with Crippen molar-refractivity contribution in [2.45, 2.75) is 24.7 Å². The van der Waals surface area contributed by atoms with Gasteiger partial charge in [0.05, 0.1) is 15.4 Å². The molecule has 2 N–H and O–H groups in total. The van der Waals surface area contributed by atoms with E-state index in [9.17, 15) is 23.3 Å². The van der Waals surface area contributed by atoms with E-state index in [1.165, 1.54) is 36.4 Å². The largest absolute Gasteiger partial charge is 0.377 e. The lowest BCUT2D eigenvalue weighted by Crippen LogP contribution is -2.25. The summed E-state index contributed by atoms with van der Waals surface area (Å²) in [6, 6.07) is 9.85. The first-order valence-electron chi connectivity index (χ1n) is 9.02. The second-order valence-electron chi connectivity index (χ2n) is 6.59. The Kier molecular flexibility index (Phi) is 7.29. The van der Waals surface area contributed by atoms with Crippen molar-refractivity contribution in [3.8, 4) is 0 Å². The highest BCUT2D eigenvalue weighted by molar-refractivity contribution is 7.89. The zero-order chi connectivity index (χ0) is 21.6. The van der Waals surface area contributed by atoms with Gasteiger partial charge in [0, 0.05) is 44.1 Å². The molecule has 0 aliphatic carbocycles. The van der Waals surface area contributed by atoms with Crippen LogP contribution >= 0.6 is 0 Å². The number of carbonyl (C=O) groups is 1. The maximum absolute atomic E-state index is 12.8. The number of hydrogen-bond donors (Lipinski definition) is 2. The van der Waals surface area contributed by atoms with Gasteiger partial charge in [0.25, 0.3) is 11.6 Å². The minimum atomic E-state index is -3.69. The summed E-state index contributed by atoms with van der Waals surface area (Å²) < 4.78 is 27.3. The van der Waals surface area contributed by atoms with Gasteiger partial charge in [-0.05, 0) is 30.7 Å². The topological polar surface area (TPSA) is 122 Å². The van der Waals surface area contributed by atoms with Gasteiger partial charge in [-0.3, -0.25) is 14.9 Å². The molecule has 0 atom stereocenters. The first-order chi connectivity index (χ1) is 13.7. The molecule has 0 saturated heterocycles. The third-order valence-corrected chi connectivity index (χ3v) is 5.60. The molecule has 9 nitrogen and oxygen atoms in total. The second-order valence-corrected chi connectivity index (χ2v) is 8.35. The van der Waals surface area contributed by atoms with E-state index in [1.54, 1.807) is 25.1 Å². The smallest absolute Gasteiger partial charge is 0.270 e. The van der Waals surface area contributed by atoms with Gasteiger partial charge < -0.3 is 10.2 Å². The molecule has 2 aromatic rings. The quantitative estimate of drug-likeness (QED) is 0.365. The molecule has 0 bridgehead atoms. The number of nitro groups is 1. The van der Waals surface area contributed by atoms with Crippen LogP contribution in [0.3, 0.4) is 0 Å². The third kappa shape index (κ3) is 5.75. The van der Waals surface area contributed by atoms with Gasteiger partial charge in [-0.1, -0.05) is 19.4 Å². The van der Waals surface area contributed by atoms with Crippen LogP contribution in [0.2, 0.25) is 0 Å². The third-order valence-electron chi connectivity index (χ3n) is 4.14. The number of nitro benzene ring substituents is 1. The first-order valence-corrected chi connectivity index (χ1v) is 10.5. The number of nitrogens with one attached hydrogen (secondary N) is 2. The minimum absolute atomic E-state index is 0.0262. The monoisotopic (exact) mass is 420 g/mol. The maximum Gasteiger partial charge on any atom is 0.270 e. The van der Waals surface area contributed by atoms with Gasteiger partial charge in [0.1, 0.15) is 0 Å². The lowest BCUT2D eigenvalue weighted by molar-refractivity contribution is -0.384. The molecule has 0 saturated carbocycles. The van der Waals surface area contributed by atoms with Crippen LogP contribution in [0.25, 0.3) is 0 Å². The fourth-order valence-electron chi connectivity index (χ4n) is 2.62. The van der Waals surface area contributed by atoms with E-state index in [-0.39, 0.29) is 21.8 Å². The van der Waals surface area contributed by atoms with Crippen molar-refractivity contribution in [3.05, 3.63) is 58.1 Å². The number of benzene rings is 2. The lowest BCUT2D eigenvalue weighted by atomic mass is 10.1. The molecule has 0 unspecified atom stereocenters. The van der Waals surface area contributed by atoms with Crippen LogP contribution in [0.1, 0.15) is 30.1 Å². The van der Waals surface area contributed by atoms with Gasteiger partial charge in [0.2, 0.25) is 10.0 Å². The maximum atomic E-state index is 12.8. The standard InChI is InChI=1S/C19H24N4O5S/c1-4-5-11-20-29(27,28)16-8-6-7-14(12-16)21-19(24)17-13-15(23(25)26)9-10-18(17)22(2)3/h6-10,12-13,20H,4-5,11H2,1-3H3,(H,21,24). The molecule has 0 aliphatic heterocycles. The SMILES string of the molecule is CCCCNS(=O)(=O)c1cccc(NC(=O)c2cc([N+](=O)[O-])ccc2N(C)C)c1. The Hall–Kier alpha value is -2.98. The van der Waals surface area contributed by atoms with Gasteiger partial charge in [-0.25, -0.2) is 13.1 Å². The molecule has 2 aromatic carbocycles. The Labute approximate surface area is 169 Å². The summed E-state index contributed by atoms with van der Waals surface area (Å²) in [6.07, 6.45) is 1.58. The molecule has 0 heterocycles. The van der Waals surface area contributed by atoms with Crippen LogP contribution < -0.4 is 14.9 Å². The predicted octanol–water partition coefficient (Wildman–Crippen LogP) is 2.99. The van der Waals surface area contributed by atoms with Crippen molar-refractivity contribution >= 4 is 33.0 Å². The highest BCUT2D eigenvalue weighted by atomic mass is 32.2. The van der Waals surface area contributed by atoms with E-state index in [1.807, 2.05) is 6.92 Å². The second kappa shape index (κ2) is 9.48. The molecule has 0 aliphatic rings. The molecule has 0 spiro atoms. The summed E-state index contributed by atoms with van der Waals surface area (Å²) in [4.78, 5) is 24.9. The summed E-state index contributed by atoms with van der Waals surface area (Å²) in [5.41, 5.74) is 0.665. The summed E-state index contributed by atoms with van der Waals surface area (Å²) in [6.45, 7) is 2.29. The molecule has 0 aromatic heterocycles. The molecule has 0 radical (unpaired) electrons. The number of unbranched alkanes of at least 4 members (excludes halogenated alkanes) is 1. The molecule has 1 amide bonds. The first kappa shape index (κ1) is 22.3. The Balaban J connectivity index is 2.30. The van der Waals surface area contributed by atoms with Crippen molar-refractivity contribution in [2.75, 3.05) is 30.9 Å². The van der Waals surface area contributed by atoms with Crippen LogP contribution in [0, 0.1) is 10.1 Å². The van der Waals surface area contributed by atoms with Crippen molar-refractivity contribution in [1.82, 2.24) is 4.72 Å². The van der Waals surface area contributed by atoms with Crippen molar-refractivity contribution in [1.29, 1.82) is 0 Å². The van der Waals surface area contributed by atoms with Crippen LogP contribution in [0.4, 0.5) is 17.1 Å². The van der Waals surface area contributed by atoms with E-state index in [0.29, 0.717) is 12.2 Å². The molecular weight excluding hydrogens is 396 g/mol. The Morgan fingerprint density at radius 2 is 1.90 bits per heavy atom. The average Bonchev–Trinajstić information content (AvgIpc) is 2.67. The number of nitrogens with zero attached hydrogens (tertiary/aromatic N) is 2. The molecular formula is C19H24N4O5S. The molecule has 156 valence electrons. The van der Waals surface area contributed by atoms with E-state index >= 15 is 0 Å². The Bertz CT molecular complexity index is 1010. The van der Waals surface area contributed by atoms with Gasteiger partial charge in [-0.15, -0.1) is 0 Å². The highest BCUT2D eigenvalue weighted by Gasteiger charge is 2.19. The van der Waals surface area contributed by atoms with Gasteiger partial charge >= 0.3 is 0 Å². The van der Waals surface area contributed by atoms with Gasteiger partial charge in [0.15, 0.2) is 0 Å². The zero-order valence-electron chi connectivity index (χ0n) is 16.5. The van der Waals surface area contributed by atoms with E-state index in [0.717, 1.165) is 12.8 Å². The van der Waals surface area contributed by atoms with Crippen molar-refractivity contribution < 1.29 is 18.1 Å². The van der Waals surface area contributed by atoms with Crippen LogP contribution in [-0.2, 0) is 10.0 Å². The fraction of sp³-hybridized carbons (Fsp3) is 0.316. The molecule has 29 heavy (non-hydrogen) atoms. The highest BCUT2D eigenvalue weighted by Crippen LogP contribution is 2.25. The summed E-state index contributed by atoms with van der Waals surface area (Å²) in [5, 5.41) is 13.7. The molecule has 0 fully saturated rings. The number of carbonyl (C=O) groups excluding carboxylic acids is 1. The van der Waals surface area contributed by atoms with Gasteiger partial charge in [-0.2, -0.15) is 0 Å². The van der Waals surface area contributed by atoms with Crippen molar-refractivity contribution in [2.24, 2.45) is 0 Å².